The number of nitrogens with zero attached hydrogens (tertiary/aromatic N) is 2. The predicted molar refractivity (Wildman–Crippen MR) is 84.3 cm³/mol. The van der Waals surface area contributed by atoms with E-state index in [2.05, 4.69) is 21.9 Å². The summed E-state index contributed by atoms with van der Waals surface area (Å²) in [4.78, 5) is 14.7. The van der Waals surface area contributed by atoms with Crippen molar-refractivity contribution in [3.63, 3.8) is 0 Å². The largest absolute Gasteiger partial charge is 0.349 e. The molecule has 0 radical (unpaired) electrons. The van der Waals surface area contributed by atoms with Gasteiger partial charge in [0.1, 0.15) is 10.6 Å². The normalized spacial score (nSPS) is 17.6. The van der Waals surface area contributed by atoms with Crippen molar-refractivity contribution >= 4 is 15.9 Å². The number of sulfonamides is 1. The van der Waals surface area contributed by atoms with Gasteiger partial charge in [0.15, 0.2) is 0 Å². The van der Waals surface area contributed by atoms with Crippen molar-refractivity contribution in [2.75, 3.05) is 26.7 Å². The first-order valence-electron chi connectivity index (χ1n) is 7.47. The van der Waals surface area contributed by atoms with Crippen LogP contribution in [0.2, 0.25) is 0 Å². The number of likely N-dealkylation sites (tertiary alicyclic amines) is 1. The van der Waals surface area contributed by atoms with E-state index in [9.17, 15) is 13.2 Å². The third-order valence-electron chi connectivity index (χ3n) is 4.11. The van der Waals surface area contributed by atoms with Gasteiger partial charge in [0.25, 0.3) is 5.91 Å². The Hall–Kier alpha value is -1.38. The van der Waals surface area contributed by atoms with Crippen molar-refractivity contribution in [2.45, 2.75) is 30.7 Å². The van der Waals surface area contributed by atoms with Crippen LogP contribution in [0.4, 0.5) is 0 Å². The summed E-state index contributed by atoms with van der Waals surface area (Å²) in [5.41, 5.74) is 0.336. The first-order valence-corrected chi connectivity index (χ1v) is 8.95. The molecule has 2 rings (SSSR count). The maximum atomic E-state index is 12.2. The molecule has 1 aromatic heterocycles. The number of carbonyl (C=O) groups is 1. The van der Waals surface area contributed by atoms with E-state index in [4.69, 9.17) is 0 Å². The molecule has 22 heavy (non-hydrogen) atoms. The predicted octanol–water partition coefficient (Wildman–Crippen LogP) is 0.147. The minimum atomic E-state index is -3.54. The second-order valence-corrected chi connectivity index (χ2v) is 7.57. The monoisotopic (exact) mass is 328 g/mol. The molecule has 0 spiro atoms. The van der Waals surface area contributed by atoms with Crippen LogP contribution in [0.25, 0.3) is 0 Å². The molecule has 1 fully saturated rings. The lowest BCUT2D eigenvalue weighted by atomic mass is 10.3. The molecule has 1 saturated heterocycles. The zero-order valence-electron chi connectivity index (χ0n) is 13.3. The molecule has 1 aromatic rings. The highest BCUT2D eigenvalue weighted by Crippen LogP contribution is 2.14. The first kappa shape index (κ1) is 17.0. The molecule has 0 aromatic carbocycles. The Morgan fingerprint density at radius 3 is 2.59 bits per heavy atom. The maximum Gasteiger partial charge on any atom is 0.267 e. The number of rotatable bonds is 6. The molecular weight excluding hydrogens is 304 g/mol. The fourth-order valence-electron chi connectivity index (χ4n) is 2.67. The molecule has 7 nitrogen and oxygen atoms in total. The first-order chi connectivity index (χ1) is 10.3. The summed E-state index contributed by atoms with van der Waals surface area (Å²) in [5, 5.41) is 2.88. The number of hydrogen-bond acceptors (Lipinski definition) is 4. The number of hydrogen-bond donors (Lipinski definition) is 2. The lowest BCUT2D eigenvalue weighted by molar-refractivity contribution is 0.0932. The summed E-state index contributed by atoms with van der Waals surface area (Å²) in [7, 11) is -0.530. The van der Waals surface area contributed by atoms with Crippen LogP contribution in [0.15, 0.2) is 17.2 Å². The Kier molecular flexibility index (Phi) is 5.25. The van der Waals surface area contributed by atoms with Gasteiger partial charge in [-0.15, -0.1) is 0 Å². The molecule has 124 valence electrons. The number of amides is 1. The highest BCUT2D eigenvalue weighted by atomic mass is 32.2. The molecule has 1 amide bonds. The zero-order chi connectivity index (χ0) is 16.3. The highest BCUT2D eigenvalue weighted by Gasteiger charge is 2.21. The standard InChI is InChI=1S/C14H24N4O3S/c1-11(18-6-4-5-7-18)9-16-14(19)13-8-12(10-17(13)3)22(20,21)15-2/h8,10-11,15H,4-7,9H2,1-3H3,(H,16,19). The van der Waals surface area contributed by atoms with Gasteiger partial charge in [-0.05, 0) is 46.0 Å². The van der Waals surface area contributed by atoms with E-state index in [1.54, 1.807) is 7.05 Å². The van der Waals surface area contributed by atoms with Crippen LogP contribution < -0.4 is 10.0 Å². The van der Waals surface area contributed by atoms with Gasteiger partial charge in [-0.1, -0.05) is 0 Å². The Morgan fingerprint density at radius 2 is 2.00 bits per heavy atom. The van der Waals surface area contributed by atoms with Gasteiger partial charge in [-0.3, -0.25) is 9.69 Å². The second-order valence-electron chi connectivity index (χ2n) is 5.68. The Balaban J connectivity index is 2.00. The van der Waals surface area contributed by atoms with Crippen LogP contribution in [0.1, 0.15) is 30.3 Å². The summed E-state index contributed by atoms with van der Waals surface area (Å²) in [6.45, 7) is 4.79. The van der Waals surface area contributed by atoms with Crippen LogP contribution in [-0.4, -0.2) is 56.5 Å². The molecule has 8 heteroatoms. The van der Waals surface area contributed by atoms with Crippen molar-refractivity contribution in [2.24, 2.45) is 7.05 Å². The van der Waals surface area contributed by atoms with E-state index >= 15 is 0 Å². The summed E-state index contributed by atoms with van der Waals surface area (Å²) in [6, 6.07) is 1.68. The minimum absolute atomic E-state index is 0.0928. The van der Waals surface area contributed by atoms with Crippen molar-refractivity contribution in [1.29, 1.82) is 0 Å². The minimum Gasteiger partial charge on any atom is -0.349 e. The third-order valence-corrected chi connectivity index (χ3v) is 5.49. The van der Waals surface area contributed by atoms with Crippen molar-refractivity contribution in [1.82, 2.24) is 19.5 Å². The zero-order valence-corrected chi connectivity index (χ0v) is 14.1. The van der Waals surface area contributed by atoms with Crippen molar-refractivity contribution < 1.29 is 13.2 Å². The van der Waals surface area contributed by atoms with Gasteiger partial charge in [0.2, 0.25) is 10.0 Å². The Labute approximate surface area is 131 Å². The molecule has 1 aliphatic rings. The van der Waals surface area contributed by atoms with Crippen LogP contribution in [0.5, 0.6) is 0 Å². The Morgan fingerprint density at radius 1 is 1.36 bits per heavy atom. The van der Waals surface area contributed by atoms with Gasteiger partial charge >= 0.3 is 0 Å². The number of aryl methyl sites for hydroxylation is 1. The van der Waals surface area contributed by atoms with Crippen molar-refractivity contribution in [3.8, 4) is 0 Å². The fraction of sp³-hybridized carbons (Fsp3) is 0.643. The summed E-state index contributed by atoms with van der Waals surface area (Å²) >= 11 is 0. The molecule has 0 saturated carbocycles. The van der Waals surface area contributed by atoms with Gasteiger partial charge in [-0.25, -0.2) is 13.1 Å². The van der Waals surface area contributed by atoms with E-state index in [0.29, 0.717) is 12.2 Å². The summed E-state index contributed by atoms with van der Waals surface area (Å²) in [5.74, 6) is -0.258. The van der Waals surface area contributed by atoms with Crippen LogP contribution in [0.3, 0.4) is 0 Å². The van der Waals surface area contributed by atoms with Gasteiger partial charge < -0.3 is 9.88 Å². The van der Waals surface area contributed by atoms with Gasteiger partial charge in [0.05, 0.1) is 0 Å². The molecule has 0 aliphatic carbocycles. The topological polar surface area (TPSA) is 83.4 Å². The van der Waals surface area contributed by atoms with Crippen LogP contribution >= 0.6 is 0 Å². The van der Waals surface area contributed by atoms with Crippen molar-refractivity contribution in [3.05, 3.63) is 18.0 Å². The van der Waals surface area contributed by atoms with E-state index in [-0.39, 0.29) is 16.8 Å². The average molecular weight is 328 g/mol. The number of aromatic nitrogens is 1. The van der Waals surface area contributed by atoms with E-state index in [1.165, 1.54) is 36.7 Å². The van der Waals surface area contributed by atoms with E-state index in [1.807, 2.05) is 0 Å². The summed E-state index contributed by atoms with van der Waals surface area (Å²) < 4.78 is 27.3. The number of nitrogens with one attached hydrogen (secondary N) is 2. The van der Waals surface area contributed by atoms with Crippen LogP contribution in [0, 0.1) is 0 Å². The Bertz CT molecular complexity index is 633. The molecular formula is C14H24N4O3S. The molecule has 2 heterocycles. The van der Waals surface area contributed by atoms with E-state index < -0.39 is 10.0 Å². The molecule has 0 bridgehead atoms. The summed E-state index contributed by atoms with van der Waals surface area (Å²) in [6.07, 6.45) is 3.85. The lowest BCUT2D eigenvalue weighted by Crippen LogP contribution is -2.41. The van der Waals surface area contributed by atoms with E-state index in [0.717, 1.165) is 13.1 Å². The highest BCUT2D eigenvalue weighted by molar-refractivity contribution is 7.89. The molecule has 2 N–H and O–H groups in total. The number of carbonyl (C=O) groups excluding carboxylic acids is 1. The average Bonchev–Trinajstić information content (AvgIpc) is 3.14. The molecule has 1 aliphatic heterocycles. The quantitative estimate of drug-likeness (QED) is 0.778. The van der Waals surface area contributed by atoms with Gasteiger partial charge in [-0.2, -0.15) is 0 Å². The fourth-order valence-corrected chi connectivity index (χ4v) is 3.47. The maximum absolute atomic E-state index is 12.2. The third kappa shape index (κ3) is 3.68. The molecule has 1 atom stereocenters. The SMILES string of the molecule is CNS(=O)(=O)c1cc(C(=O)NCC(C)N2CCCC2)n(C)c1. The lowest BCUT2D eigenvalue weighted by Gasteiger charge is -2.23. The smallest absolute Gasteiger partial charge is 0.267 e. The van der Waals surface area contributed by atoms with Crippen LogP contribution in [-0.2, 0) is 17.1 Å². The molecule has 1 unspecified atom stereocenters. The van der Waals surface area contributed by atoms with Gasteiger partial charge in [0, 0.05) is 25.8 Å². The second kappa shape index (κ2) is 6.80.